The van der Waals surface area contributed by atoms with Crippen LogP contribution in [0, 0.1) is 5.53 Å². The van der Waals surface area contributed by atoms with Gasteiger partial charge in [0.25, 0.3) is 0 Å². The number of aromatic nitrogens is 1. The van der Waals surface area contributed by atoms with E-state index in [9.17, 15) is 0 Å². The zero-order valence-corrected chi connectivity index (χ0v) is 9.67. The van der Waals surface area contributed by atoms with E-state index in [0.717, 1.165) is 11.3 Å². The summed E-state index contributed by atoms with van der Waals surface area (Å²) in [7, 11) is 2.02. The van der Waals surface area contributed by atoms with E-state index in [2.05, 4.69) is 21.8 Å². The standard InChI is InChI=1S/C14H14N3/c1-17-11-3-2-4-14(17)10-7-12-5-8-13(16-15)9-6-12/h2-11,15H,1H3/q+1. The first-order valence-corrected chi connectivity index (χ1v) is 5.40. The van der Waals surface area contributed by atoms with Gasteiger partial charge in [-0.2, -0.15) is 5.11 Å². The highest BCUT2D eigenvalue weighted by Gasteiger charge is 1.98. The maximum atomic E-state index is 6.88. The smallest absolute Gasteiger partial charge is 0.204 e. The quantitative estimate of drug-likeness (QED) is 0.613. The van der Waals surface area contributed by atoms with Crippen molar-refractivity contribution in [1.29, 1.82) is 5.53 Å². The molecule has 1 heterocycles. The van der Waals surface area contributed by atoms with E-state index in [4.69, 9.17) is 5.53 Å². The molecule has 0 atom stereocenters. The maximum absolute atomic E-state index is 6.88. The van der Waals surface area contributed by atoms with Crippen molar-refractivity contribution in [3.05, 3.63) is 59.9 Å². The predicted octanol–water partition coefficient (Wildman–Crippen LogP) is 3.34. The molecular weight excluding hydrogens is 210 g/mol. The zero-order chi connectivity index (χ0) is 12.1. The lowest BCUT2D eigenvalue weighted by Crippen LogP contribution is -2.30. The van der Waals surface area contributed by atoms with Crippen LogP contribution in [0.1, 0.15) is 11.3 Å². The summed E-state index contributed by atoms with van der Waals surface area (Å²) in [6, 6.07) is 13.6. The molecule has 0 saturated carbocycles. The van der Waals surface area contributed by atoms with E-state index in [-0.39, 0.29) is 0 Å². The zero-order valence-electron chi connectivity index (χ0n) is 9.67. The second-order valence-corrected chi connectivity index (χ2v) is 3.77. The lowest BCUT2D eigenvalue weighted by atomic mass is 10.2. The van der Waals surface area contributed by atoms with Crippen LogP contribution in [-0.4, -0.2) is 0 Å². The Morgan fingerprint density at radius 3 is 2.47 bits per heavy atom. The minimum atomic E-state index is 0.674. The Morgan fingerprint density at radius 2 is 1.82 bits per heavy atom. The van der Waals surface area contributed by atoms with Crippen molar-refractivity contribution >= 4 is 17.8 Å². The van der Waals surface area contributed by atoms with Gasteiger partial charge in [-0.15, -0.1) is 0 Å². The van der Waals surface area contributed by atoms with Crippen LogP contribution in [0.3, 0.4) is 0 Å². The summed E-state index contributed by atoms with van der Waals surface area (Å²) in [6.07, 6.45) is 6.12. The molecule has 0 aliphatic heterocycles. The fourth-order valence-electron chi connectivity index (χ4n) is 1.55. The second-order valence-electron chi connectivity index (χ2n) is 3.77. The number of pyridine rings is 1. The largest absolute Gasteiger partial charge is 0.204 e. The molecule has 0 unspecified atom stereocenters. The average molecular weight is 224 g/mol. The van der Waals surface area contributed by atoms with Crippen molar-refractivity contribution < 1.29 is 4.57 Å². The molecule has 1 aromatic heterocycles. The Morgan fingerprint density at radius 1 is 1.06 bits per heavy atom. The molecule has 0 bridgehead atoms. The minimum Gasteiger partial charge on any atom is -0.204 e. The molecule has 0 aliphatic rings. The summed E-state index contributed by atoms with van der Waals surface area (Å²) < 4.78 is 2.06. The highest BCUT2D eigenvalue weighted by Crippen LogP contribution is 2.13. The molecular formula is C14H14N3+. The molecule has 1 N–H and O–H groups in total. The number of nitrogens with one attached hydrogen (secondary N) is 1. The average Bonchev–Trinajstić information content (AvgIpc) is 2.38. The second kappa shape index (κ2) is 5.16. The maximum Gasteiger partial charge on any atom is 0.204 e. The summed E-state index contributed by atoms with van der Waals surface area (Å²) in [4.78, 5) is 0. The molecule has 0 amide bonds. The topological polar surface area (TPSA) is 40.1 Å². The lowest BCUT2D eigenvalue weighted by molar-refractivity contribution is -0.673. The Hall–Kier alpha value is -2.29. The fraction of sp³-hybridized carbons (Fsp3) is 0.0714. The van der Waals surface area contributed by atoms with E-state index < -0.39 is 0 Å². The fourth-order valence-corrected chi connectivity index (χ4v) is 1.55. The third-order valence-electron chi connectivity index (χ3n) is 2.56. The van der Waals surface area contributed by atoms with E-state index in [1.807, 2.05) is 55.7 Å². The van der Waals surface area contributed by atoms with Gasteiger partial charge < -0.3 is 0 Å². The van der Waals surface area contributed by atoms with Crippen molar-refractivity contribution in [2.45, 2.75) is 0 Å². The van der Waals surface area contributed by atoms with Gasteiger partial charge in [0.15, 0.2) is 6.20 Å². The highest BCUT2D eigenvalue weighted by molar-refractivity contribution is 5.67. The third kappa shape index (κ3) is 2.84. The van der Waals surface area contributed by atoms with Gasteiger partial charge in [-0.25, -0.2) is 10.1 Å². The Kier molecular flexibility index (Phi) is 3.40. The first-order chi connectivity index (χ1) is 8.29. The van der Waals surface area contributed by atoms with Crippen molar-refractivity contribution in [3.8, 4) is 0 Å². The van der Waals surface area contributed by atoms with Crippen LogP contribution in [0.2, 0.25) is 0 Å². The van der Waals surface area contributed by atoms with Gasteiger partial charge in [0.05, 0.1) is 5.69 Å². The van der Waals surface area contributed by atoms with Gasteiger partial charge in [-0.05, 0) is 29.8 Å². The number of aryl methyl sites for hydroxylation is 1. The van der Waals surface area contributed by atoms with E-state index in [1.165, 1.54) is 0 Å². The molecule has 17 heavy (non-hydrogen) atoms. The van der Waals surface area contributed by atoms with Crippen molar-refractivity contribution in [2.24, 2.45) is 12.2 Å². The van der Waals surface area contributed by atoms with Crippen LogP contribution in [0.25, 0.3) is 12.2 Å². The molecule has 2 rings (SSSR count). The van der Waals surface area contributed by atoms with E-state index in [1.54, 1.807) is 0 Å². The number of nitrogens with zero attached hydrogens (tertiary/aromatic N) is 2. The first kappa shape index (κ1) is 11.2. The summed E-state index contributed by atoms with van der Waals surface area (Å²) in [5.41, 5.74) is 9.79. The molecule has 0 aliphatic carbocycles. The SMILES string of the molecule is C[n+]1ccccc1/C=C/c1ccc(N=N)cc1. The molecule has 3 nitrogen and oxygen atoms in total. The Balaban J connectivity index is 2.20. The summed E-state index contributed by atoms with van der Waals surface area (Å²) in [5.74, 6) is 0. The van der Waals surface area contributed by atoms with Crippen molar-refractivity contribution in [2.75, 3.05) is 0 Å². The number of rotatable bonds is 3. The predicted molar refractivity (Wildman–Crippen MR) is 67.8 cm³/mol. The van der Waals surface area contributed by atoms with Gasteiger partial charge in [0.2, 0.25) is 5.69 Å². The van der Waals surface area contributed by atoms with Crippen LogP contribution in [0.4, 0.5) is 5.69 Å². The van der Waals surface area contributed by atoms with Crippen LogP contribution in [-0.2, 0) is 7.05 Å². The van der Waals surface area contributed by atoms with Crippen molar-refractivity contribution in [1.82, 2.24) is 0 Å². The van der Waals surface area contributed by atoms with Crippen molar-refractivity contribution in [3.63, 3.8) is 0 Å². The Bertz CT molecular complexity index is 542. The highest BCUT2D eigenvalue weighted by atomic mass is 15.0. The normalized spacial score (nSPS) is 10.6. The number of hydrogen-bond donors (Lipinski definition) is 1. The molecule has 0 spiro atoms. The van der Waals surface area contributed by atoms with Crippen LogP contribution in [0.15, 0.2) is 53.8 Å². The lowest BCUT2D eigenvalue weighted by Gasteiger charge is -1.95. The molecule has 1 aromatic carbocycles. The minimum absolute atomic E-state index is 0.674. The summed E-state index contributed by atoms with van der Waals surface area (Å²) >= 11 is 0. The van der Waals surface area contributed by atoms with Gasteiger partial charge >= 0.3 is 0 Å². The monoisotopic (exact) mass is 224 g/mol. The van der Waals surface area contributed by atoms with Gasteiger partial charge in [-0.3, -0.25) is 0 Å². The van der Waals surface area contributed by atoms with Crippen LogP contribution < -0.4 is 4.57 Å². The number of benzene rings is 1. The molecule has 0 radical (unpaired) electrons. The molecule has 84 valence electrons. The molecule has 2 aromatic rings. The summed E-state index contributed by atoms with van der Waals surface area (Å²) in [5, 5.41) is 3.37. The van der Waals surface area contributed by atoms with Crippen LogP contribution in [0.5, 0.6) is 0 Å². The van der Waals surface area contributed by atoms with E-state index >= 15 is 0 Å². The first-order valence-electron chi connectivity index (χ1n) is 5.40. The Labute approximate surface area is 101 Å². The molecule has 0 fully saturated rings. The summed E-state index contributed by atoms with van der Waals surface area (Å²) in [6.45, 7) is 0. The number of hydrogen-bond acceptors (Lipinski definition) is 2. The molecule has 0 saturated heterocycles. The van der Waals surface area contributed by atoms with Crippen LogP contribution >= 0.6 is 0 Å². The van der Waals surface area contributed by atoms with Gasteiger partial charge in [-0.1, -0.05) is 12.1 Å². The van der Waals surface area contributed by atoms with Gasteiger partial charge in [0.1, 0.15) is 7.05 Å². The van der Waals surface area contributed by atoms with E-state index in [0.29, 0.717) is 5.69 Å². The van der Waals surface area contributed by atoms with Gasteiger partial charge in [0, 0.05) is 18.2 Å². The molecule has 3 heteroatoms. The third-order valence-corrected chi connectivity index (χ3v) is 2.56.